The van der Waals surface area contributed by atoms with E-state index in [0.717, 1.165) is 0 Å². The highest BCUT2D eigenvalue weighted by molar-refractivity contribution is 6.39. The van der Waals surface area contributed by atoms with E-state index < -0.39 is 4.92 Å². The lowest BCUT2D eigenvalue weighted by molar-refractivity contribution is -0.384. The van der Waals surface area contributed by atoms with Gasteiger partial charge in [-0.15, -0.1) is 0 Å². The van der Waals surface area contributed by atoms with Gasteiger partial charge in [-0.1, -0.05) is 23.2 Å². The fourth-order valence-electron chi connectivity index (χ4n) is 2.50. The molecule has 1 N–H and O–H groups in total. The topological polar surface area (TPSA) is 55.2 Å². The van der Waals surface area contributed by atoms with Crippen molar-refractivity contribution in [1.29, 1.82) is 0 Å². The first-order valence-corrected chi connectivity index (χ1v) is 7.22. The third-order valence-corrected chi connectivity index (χ3v) is 4.40. The number of halogens is 2. The Morgan fingerprint density at radius 2 is 1.63 bits per heavy atom. The number of anilines is 1. The van der Waals surface area contributed by atoms with Gasteiger partial charge in [-0.05, 0) is 37.5 Å². The van der Waals surface area contributed by atoms with Gasteiger partial charge in [0.15, 0.2) is 0 Å². The molecule has 3 rings (SSSR count). The zero-order valence-corrected chi connectivity index (χ0v) is 11.7. The summed E-state index contributed by atoms with van der Waals surface area (Å²) in [4.78, 5) is 10.3. The number of non-ortho nitro benzene ring substituents is 1. The number of nitrogens with one attached hydrogen (secondary N) is 1. The summed E-state index contributed by atoms with van der Waals surface area (Å²) in [5.74, 6) is 1.41. The molecule has 0 radical (unpaired) electrons. The van der Waals surface area contributed by atoms with Crippen LogP contribution >= 0.6 is 23.2 Å². The van der Waals surface area contributed by atoms with Crippen molar-refractivity contribution in [2.75, 3.05) is 5.32 Å². The summed E-state index contributed by atoms with van der Waals surface area (Å²) < 4.78 is 0. The monoisotopic (exact) mass is 300 g/mol. The maximum Gasteiger partial charge on any atom is 0.272 e. The maximum atomic E-state index is 10.7. The van der Waals surface area contributed by atoms with Crippen LogP contribution in [0.3, 0.4) is 0 Å². The van der Waals surface area contributed by atoms with Crippen molar-refractivity contribution >= 4 is 34.6 Å². The van der Waals surface area contributed by atoms with Crippen molar-refractivity contribution in [3.8, 4) is 0 Å². The molecule has 0 spiro atoms. The molecule has 6 heteroatoms. The maximum absolute atomic E-state index is 10.7. The zero-order chi connectivity index (χ0) is 13.6. The Labute approximate surface area is 121 Å². The Bertz CT molecular complexity index is 492. The van der Waals surface area contributed by atoms with Crippen LogP contribution in [0.5, 0.6) is 0 Å². The fraction of sp³-hybridized carbons (Fsp3) is 0.538. The Balaban J connectivity index is 1.85. The van der Waals surface area contributed by atoms with Crippen molar-refractivity contribution < 1.29 is 4.92 Å². The van der Waals surface area contributed by atoms with Crippen LogP contribution in [-0.2, 0) is 0 Å². The fourth-order valence-corrected chi connectivity index (χ4v) is 3.09. The minimum atomic E-state index is -0.485. The number of nitro benzene ring substituents is 1. The minimum absolute atomic E-state index is 0.0741. The van der Waals surface area contributed by atoms with E-state index in [-0.39, 0.29) is 5.69 Å². The van der Waals surface area contributed by atoms with Gasteiger partial charge >= 0.3 is 0 Å². The lowest BCUT2D eigenvalue weighted by atomic mass is 10.1. The molecule has 2 saturated carbocycles. The summed E-state index contributed by atoms with van der Waals surface area (Å²) in [5, 5.41) is 14.8. The second kappa shape index (κ2) is 4.84. The van der Waals surface area contributed by atoms with Gasteiger partial charge in [-0.25, -0.2) is 0 Å². The molecule has 102 valence electrons. The van der Waals surface area contributed by atoms with E-state index in [1.807, 2.05) is 0 Å². The standard InChI is InChI=1S/C13H14Cl2N2O2/c14-10-5-9(17(18)19)6-11(15)13(10)16-12(7-1-2-7)8-3-4-8/h5-8,12,16H,1-4H2. The number of benzene rings is 1. The Hall–Kier alpha value is -1.00. The second-order valence-electron chi connectivity index (χ2n) is 5.39. The molecular formula is C13H14Cl2N2O2. The quantitative estimate of drug-likeness (QED) is 0.643. The molecule has 0 saturated heterocycles. The minimum Gasteiger partial charge on any atom is -0.379 e. The predicted molar refractivity (Wildman–Crippen MR) is 76.0 cm³/mol. The van der Waals surface area contributed by atoms with Crippen molar-refractivity contribution in [2.24, 2.45) is 11.8 Å². The first-order valence-electron chi connectivity index (χ1n) is 6.46. The first kappa shape index (κ1) is 13.0. The van der Waals surface area contributed by atoms with Crippen LogP contribution in [0.25, 0.3) is 0 Å². The lowest BCUT2D eigenvalue weighted by Crippen LogP contribution is -2.24. The molecule has 0 atom stereocenters. The normalized spacial score (nSPS) is 18.7. The average molecular weight is 301 g/mol. The Morgan fingerprint density at radius 3 is 2.00 bits per heavy atom. The largest absolute Gasteiger partial charge is 0.379 e. The highest BCUT2D eigenvalue weighted by atomic mass is 35.5. The predicted octanol–water partition coefficient (Wildman–Crippen LogP) is 4.50. The molecule has 0 heterocycles. The molecule has 0 aliphatic heterocycles. The van der Waals surface area contributed by atoms with E-state index in [1.165, 1.54) is 37.8 Å². The van der Waals surface area contributed by atoms with Gasteiger partial charge in [0.1, 0.15) is 0 Å². The molecule has 0 amide bonds. The van der Waals surface area contributed by atoms with Gasteiger partial charge in [0, 0.05) is 18.2 Å². The zero-order valence-electron chi connectivity index (χ0n) is 10.2. The van der Waals surface area contributed by atoms with Crippen molar-refractivity contribution in [3.05, 3.63) is 32.3 Å². The number of rotatable bonds is 5. The first-order chi connectivity index (χ1) is 9.06. The SMILES string of the molecule is O=[N+]([O-])c1cc(Cl)c(NC(C2CC2)C2CC2)c(Cl)c1. The van der Waals surface area contributed by atoms with Crippen LogP contribution in [0, 0.1) is 22.0 Å². The summed E-state index contributed by atoms with van der Waals surface area (Å²) in [7, 11) is 0. The van der Waals surface area contributed by atoms with Gasteiger partial charge in [0.25, 0.3) is 5.69 Å². The van der Waals surface area contributed by atoms with E-state index in [1.54, 1.807) is 0 Å². The van der Waals surface area contributed by atoms with Crippen LogP contribution in [0.1, 0.15) is 25.7 Å². The molecule has 2 aliphatic carbocycles. The second-order valence-corrected chi connectivity index (χ2v) is 6.20. The highest BCUT2D eigenvalue weighted by Crippen LogP contribution is 2.47. The molecule has 0 bridgehead atoms. The van der Waals surface area contributed by atoms with Gasteiger partial charge in [0.2, 0.25) is 0 Å². The average Bonchev–Trinajstić information content (AvgIpc) is 3.21. The summed E-state index contributed by atoms with van der Waals surface area (Å²) >= 11 is 12.2. The molecule has 1 aromatic rings. The van der Waals surface area contributed by atoms with Crippen LogP contribution < -0.4 is 5.32 Å². The summed E-state index contributed by atoms with van der Waals surface area (Å²) in [6.07, 6.45) is 4.99. The third-order valence-electron chi connectivity index (χ3n) is 3.81. The molecule has 0 aromatic heterocycles. The molecular weight excluding hydrogens is 287 g/mol. The molecule has 0 unspecified atom stereocenters. The van der Waals surface area contributed by atoms with Crippen LogP contribution in [0.15, 0.2) is 12.1 Å². The highest BCUT2D eigenvalue weighted by Gasteiger charge is 2.41. The summed E-state index contributed by atoms with van der Waals surface area (Å²) in [6, 6.07) is 3.12. The number of hydrogen-bond acceptors (Lipinski definition) is 3. The van der Waals surface area contributed by atoms with Crippen LogP contribution in [-0.4, -0.2) is 11.0 Å². The number of nitro groups is 1. The van der Waals surface area contributed by atoms with E-state index >= 15 is 0 Å². The van der Waals surface area contributed by atoms with Gasteiger partial charge in [0.05, 0.1) is 20.7 Å². The molecule has 2 aliphatic rings. The van der Waals surface area contributed by atoms with Gasteiger partial charge < -0.3 is 5.32 Å². The molecule has 2 fully saturated rings. The number of nitrogens with zero attached hydrogens (tertiary/aromatic N) is 1. The van der Waals surface area contributed by atoms with E-state index in [9.17, 15) is 10.1 Å². The molecule has 4 nitrogen and oxygen atoms in total. The Morgan fingerprint density at radius 1 is 1.16 bits per heavy atom. The van der Waals surface area contributed by atoms with Crippen LogP contribution in [0.2, 0.25) is 10.0 Å². The van der Waals surface area contributed by atoms with Gasteiger partial charge in [-0.2, -0.15) is 0 Å². The smallest absolute Gasteiger partial charge is 0.272 e. The lowest BCUT2D eigenvalue weighted by Gasteiger charge is -2.20. The van der Waals surface area contributed by atoms with E-state index in [4.69, 9.17) is 23.2 Å². The van der Waals surface area contributed by atoms with Crippen molar-refractivity contribution in [3.63, 3.8) is 0 Å². The van der Waals surface area contributed by atoms with Crippen LogP contribution in [0.4, 0.5) is 11.4 Å². The summed E-state index contributed by atoms with van der Waals surface area (Å²) in [5.41, 5.74) is 0.563. The van der Waals surface area contributed by atoms with Crippen molar-refractivity contribution in [2.45, 2.75) is 31.7 Å². The summed E-state index contributed by atoms with van der Waals surface area (Å²) in [6.45, 7) is 0. The Kier molecular flexibility index (Phi) is 3.31. The van der Waals surface area contributed by atoms with Gasteiger partial charge in [-0.3, -0.25) is 10.1 Å². The molecule has 19 heavy (non-hydrogen) atoms. The third kappa shape index (κ3) is 2.79. The van der Waals surface area contributed by atoms with Crippen molar-refractivity contribution in [1.82, 2.24) is 0 Å². The number of hydrogen-bond donors (Lipinski definition) is 1. The molecule has 1 aromatic carbocycles. The van der Waals surface area contributed by atoms with E-state index in [2.05, 4.69) is 5.32 Å². The van der Waals surface area contributed by atoms with E-state index in [0.29, 0.717) is 33.6 Å².